The molecule has 0 fully saturated rings. The van der Waals surface area contributed by atoms with Gasteiger partial charge in [-0.05, 0) is 30.3 Å². The van der Waals surface area contributed by atoms with Gasteiger partial charge in [0.05, 0.1) is 7.11 Å². The van der Waals surface area contributed by atoms with Crippen molar-refractivity contribution in [2.24, 2.45) is 0 Å². The van der Waals surface area contributed by atoms with Crippen molar-refractivity contribution in [2.45, 2.75) is 12.8 Å². The first-order valence-electron chi connectivity index (χ1n) is 6.59. The topological polar surface area (TPSA) is 38.3 Å². The van der Waals surface area contributed by atoms with Crippen LogP contribution < -0.4 is 10.1 Å². The minimum Gasteiger partial charge on any atom is -0.496 e. The Morgan fingerprint density at radius 1 is 1.17 bits per heavy atom. The molecule has 7 heteroatoms. The van der Waals surface area contributed by atoms with E-state index in [9.17, 15) is 18.0 Å². The van der Waals surface area contributed by atoms with Gasteiger partial charge in [-0.2, -0.15) is 13.2 Å². The third-order valence-electron chi connectivity index (χ3n) is 3.17. The lowest BCUT2D eigenvalue weighted by Gasteiger charge is -2.15. The van der Waals surface area contributed by atoms with Crippen LogP contribution in [-0.4, -0.2) is 19.2 Å². The fraction of sp³-hybridized carbons (Fsp3) is 0.188. The number of carbonyl (C=O) groups excluding carboxylic acids is 1. The molecule has 0 aliphatic heterocycles. The fourth-order valence-electron chi connectivity index (χ4n) is 2.10. The van der Waals surface area contributed by atoms with Crippen LogP contribution in [0, 0.1) is 0 Å². The Morgan fingerprint density at radius 3 is 2.39 bits per heavy atom. The molecule has 0 atom stereocenters. The molecule has 0 saturated heterocycles. The van der Waals surface area contributed by atoms with E-state index in [-0.39, 0.29) is 16.9 Å². The number of hydrogen-bond acceptors (Lipinski definition) is 3. The Labute approximate surface area is 136 Å². The number of rotatable bonds is 5. The van der Waals surface area contributed by atoms with Crippen LogP contribution in [0.25, 0.3) is 0 Å². The number of benzene rings is 2. The van der Waals surface area contributed by atoms with E-state index >= 15 is 0 Å². The number of methoxy groups -OCH3 is 1. The summed E-state index contributed by atoms with van der Waals surface area (Å²) in [6.07, 6.45) is -4.55. The lowest BCUT2D eigenvalue weighted by molar-refractivity contribution is -0.158. The number of carbonyl (C=O) groups is 1. The minimum absolute atomic E-state index is 0.142. The van der Waals surface area contributed by atoms with E-state index in [1.165, 1.54) is 36.7 Å². The molecule has 0 aliphatic carbocycles. The normalized spacial score (nSPS) is 11.3. The summed E-state index contributed by atoms with van der Waals surface area (Å²) in [5.74, 6) is -0.193. The van der Waals surface area contributed by atoms with Gasteiger partial charge in [0.2, 0.25) is 0 Å². The molecule has 2 aromatic rings. The van der Waals surface area contributed by atoms with Crippen molar-refractivity contribution in [3.05, 3.63) is 64.2 Å². The standard InChI is InChI=1S/C16H13ClF3NO2/c1-23-14-4-2-3-12(13(14)9-21-16(18,19)20)15(22)10-5-7-11(17)8-6-10/h2-8,21H,9H2,1H3. The van der Waals surface area contributed by atoms with E-state index in [4.69, 9.17) is 16.3 Å². The van der Waals surface area contributed by atoms with Gasteiger partial charge in [0, 0.05) is 28.3 Å². The highest BCUT2D eigenvalue weighted by Crippen LogP contribution is 2.26. The van der Waals surface area contributed by atoms with Crippen molar-refractivity contribution in [3.63, 3.8) is 0 Å². The van der Waals surface area contributed by atoms with Crippen LogP contribution in [-0.2, 0) is 6.54 Å². The summed E-state index contributed by atoms with van der Waals surface area (Å²) in [7, 11) is 1.34. The monoisotopic (exact) mass is 343 g/mol. The largest absolute Gasteiger partial charge is 0.496 e. The van der Waals surface area contributed by atoms with Crippen molar-refractivity contribution in [3.8, 4) is 5.75 Å². The summed E-state index contributed by atoms with van der Waals surface area (Å²) in [4.78, 5) is 12.6. The Morgan fingerprint density at radius 2 is 1.83 bits per heavy atom. The molecule has 0 bridgehead atoms. The predicted octanol–water partition coefficient (Wildman–Crippen LogP) is 4.19. The Balaban J connectivity index is 2.40. The molecule has 23 heavy (non-hydrogen) atoms. The first-order valence-corrected chi connectivity index (χ1v) is 6.97. The van der Waals surface area contributed by atoms with Gasteiger partial charge in [0.1, 0.15) is 5.75 Å². The second-order valence-corrected chi connectivity index (χ2v) is 5.11. The Hall–Kier alpha value is -2.05. The molecule has 0 heterocycles. The molecule has 0 radical (unpaired) electrons. The van der Waals surface area contributed by atoms with Crippen LogP contribution in [0.5, 0.6) is 5.75 Å². The van der Waals surface area contributed by atoms with E-state index < -0.39 is 18.6 Å². The molecule has 0 aliphatic rings. The molecule has 0 unspecified atom stereocenters. The Kier molecular flexibility index (Phi) is 5.28. The molecule has 0 spiro atoms. The van der Waals surface area contributed by atoms with Crippen molar-refractivity contribution in [1.82, 2.24) is 5.32 Å². The SMILES string of the molecule is COc1cccc(C(=O)c2ccc(Cl)cc2)c1CNC(F)(F)F. The van der Waals surface area contributed by atoms with E-state index in [2.05, 4.69) is 0 Å². The zero-order valence-corrected chi connectivity index (χ0v) is 12.8. The molecular formula is C16H13ClF3NO2. The highest BCUT2D eigenvalue weighted by molar-refractivity contribution is 6.30. The number of alkyl halides is 3. The minimum atomic E-state index is -4.55. The van der Waals surface area contributed by atoms with Crippen LogP contribution >= 0.6 is 11.6 Å². The molecule has 0 aromatic heterocycles. The van der Waals surface area contributed by atoms with Gasteiger partial charge in [0.25, 0.3) is 0 Å². The van der Waals surface area contributed by atoms with Crippen LogP contribution in [0.1, 0.15) is 21.5 Å². The van der Waals surface area contributed by atoms with Crippen LogP contribution in [0.2, 0.25) is 5.02 Å². The van der Waals surface area contributed by atoms with Gasteiger partial charge in [0.15, 0.2) is 5.78 Å². The number of hydrogen-bond donors (Lipinski definition) is 1. The maximum absolute atomic E-state index is 12.6. The predicted molar refractivity (Wildman–Crippen MR) is 80.8 cm³/mol. The first-order chi connectivity index (χ1) is 10.8. The zero-order chi connectivity index (χ0) is 17.0. The fourth-order valence-corrected chi connectivity index (χ4v) is 2.22. The lowest BCUT2D eigenvalue weighted by Crippen LogP contribution is -2.31. The molecule has 3 nitrogen and oxygen atoms in total. The maximum Gasteiger partial charge on any atom is 0.457 e. The summed E-state index contributed by atoms with van der Waals surface area (Å²) in [5.41, 5.74) is 0.617. The average molecular weight is 344 g/mol. The summed E-state index contributed by atoms with van der Waals surface area (Å²) in [6.45, 7) is -0.567. The van der Waals surface area contributed by atoms with Crippen molar-refractivity contribution in [2.75, 3.05) is 7.11 Å². The van der Waals surface area contributed by atoms with E-state index in [0.29, 0.717) is 10.6 Å². The number of ketones is 1. The van der Waals surface area contributed by atoms with Crippen LogP contribution in [0.4, 0.5) is 13.2 Å². The summed E-state index contributed by atoms with van der Waals surface area (Å²) in [5, 5.41) is 1.88. The van der Waals surface area contributed by atoms with E-state index in [1.807, 2.05) is 0 Å². The molecule has 0 saturated carbocycles. The highest BCUT2D eigenvalue weighted by Gasteiger charge is 2.28. The van der Waals surface area contributed by atoms with Crippen molar-refractivity contribution >= 4 is 17.4 Å². The van der Waals surface area contributed by atoms with Crippen molar-refractivity contribution < 1.29 is 22.7 Å². The molecule has 1 N–H and O–H groups in total. The number of ether oxygens (including phenoxy) is 1. The van der Waals surface area contributed by atoms with Crippen molar-refractivity contribution in [1.29, 1.82) is 0 Å². The van der Waals surface area contributed by atoms with Gasteiger partial charge < -0.3 is 4.74 Å². The Bertz CT molecular complexity index is 699. The van der Waals surface area contributed by atoms with Gasteiger partial charge in [-0.25, -0.2) is 5.32 Å². The molecule has 2 aromatic carbocycles. The van der Waals surface area contributed by atoms with Crippen LogP contribution in [0.15, 0.2) is 42.5 Å². The quantitative estimate of drug-likeness (QED) is 0.653. The van der Waals surface area contributed by atoms with Gasteiger partial charge >= 0.3 is 6.30 Å². The lowest BCUT2D eigenvalue weighted by atomic mass is 9.97. The smallest absolute Gasteiger partial charge is 0.457 e. The molecule has 122 valence electrons. The number of halogens is 4. The third kappa shape index (κ3) is 4.46. The highest BCUT2D eigenvalue weighted by atomic mass is 35.5. The second-order valence-electron chi connectivity index (χ2n) is 4.67. The van der Waals surface area contributed by atoms with Gasteiger partial charge in [-0.3, -0.25) is 4.79 Å². The third-order valence-corrected chi connectivity index (χ3v) is 3.42. The second kappa shape index (κ2) is 7.02. The van der Waals surface area contributed by atoms with Crippen LogP contribution in [0.3, 0.4) is 0 Å². The molecule has 0 amide bonds. The van der Waals surface area contributed by atoms with Gasteiger partial charge in [-0.1, -0.05) is 23.7 Å². The van der Waals surface area contributed by atoms with Gasteiger partial charge in [-0.15, -0.1) is 0 Å². The average Bonchev–Trinajstić information content (AvgIpc) is 2.51. The number of nitrogens with one attached hydrogen (secondary N) is 1. The first kappa shape index (κ1) is 17.3. The summed E-state index contributed by atoms with van der Waals surface area (Å²) < 4.78 is 42.4. The maximum atomic E-state index is 12.6. The summed E-state index contributed by atoms with van der Waals surface area (Å²) in [6, 6.07) is 10.7. The summed E-state index contributed by atoms with van der Waals surface area (Å²) >= 11 is 5.77. The van der Waals surface area contributed by atoms with E-state index in [0.717, 1.165) is 0 Å². The molecule has 2 rings (SSSR count). The zero-order valence-electron chi connectivity index (χ0n) is 12.1. The van der Waals surface area contributed by atoms with E-state index in [1.54, 1.807) is 18.2 Å². The molecular weight excluding hydrogens is 331 g/mol.